The van der Waals surface area contributed by atoms with Crippen molar-refractivity contribution in [2.24, 2.45) is 5.92 Å². The lowest BCUT2D eigenvalue weighted by molar-refractivity contribution is -0.157. The molecule has 5 nitrogen and oxygen atoms in total. The molecule has 1 aliphatic rings. The zero-order valence-corrected chi connectivity index (χ0v) is 12.8. The lowest BCUT2D eigenvalue weighted by Crippen LogP contribution is -2.37. The highest BCUT2D eigenvalue weighted by Gasteiger charge is 2.40. The molecule has 1 unspecified atom stereocenters. The van der Waals surface area contributed by atoms with E-state index in [-0.39, 0.29) is 19.5 Å². The van der Waals surface area contributed by atoms with E-state index in [2.05, 4.69) is 10.3 Å². The number of amides is 2. The number of nitrogens with one attached hydrogen (secondary N) is 1. The smallest absolute Gasteiger partial charge is 0.350 e. The standard InChI is InChI=1S/C13H16F3N3O2S/c1-2-10-18-9(6-22-10)4-17-12(21)8-3-11(20)19(5-8)7-13(14,15)16/h6,8H,2-5,7H2,1H3,(H,17,21). The largest absolute Gasteiger partial charge is 0.406 e. The zero-order chi connectivity index (χ0) is 16.3. The van der Waals surface area contributed by atoms with Crippen LogP contribution < -0.4 is 5.32 Å². The van der Waals surface area contributed by atoms with Gasteiger partial charge in [0, 0.05) is 18.3 Å². The summed E-state index contributed by atoms with van der Waals surface area (Å²) >= 11 is 1.49. The van der Waals surface area contributed by atoms with Gasteiger partial charge in [-0.2, -0.15) is 13.2 Å². The van der Waals surface area contributed by atoms with E-state index >= 15 is 0 Å². The first kappa shape index (κ1) is 16.7. The molecule has 1 atom stereocenters. The van der Waals surface area contributed by atoms with Crippen LogP contribution in [0.2, 0.25) is 0 Å². The number of rotatable bonds is 5. The van der Waals surface area contributed by atoms with Gasteiger partial charge in [-0.05, 0) is 6.42 Å². The molecule has 2 rings (SSSR count). The van der Waals surface area contributed by atoms with Crippen molar-refractivity contribution in [3.63, 3.8) is 0 Å². The molecule has 0 aliphatic carbocycles. The maximum Gasteiger partial charge on any atom is 0.406 e. The van der Waals surface area contributed by atoms with Gasteiger partial charge < -0.3 is 10.2 Å². The van der Waals surface area contributed by atoms with Crippen molar-refractivity contribution >= 4 is 23.2 Å². The average Bonchev–Trinajstić information content (AvgIpc) is 3.02. The summed E-state index contributed by atoms with van der Waals surface area (Å²) in [5.41, 5.74) is 0.715. The summed E-state index contributed by atoms with van der Waals surface area (Å²) in [5.74, 6) is -1.79. The fourth-order valence-corrected chi connectivity index (χ4v) is 2.98. The third kappa shape index (κ3) is 4.43. The number of hydrogen-bond acceptors (Lipinski definition) is 4. The SMILES string of the molecule is CCc1nc(CNC(=O)C2CC(=O)N(CC(F)(F)F)C2)cs1. The number of hydrogen-bond donors (Lipinski definition) is 1. The first-order valence-electron chi connectivity index (χ1n) is 6.84. The molecule has 0 spiro atoms. The molecule has 1 aromatic rings. The molecule has 1 fully saturated rings. The highest BCUT2D eigenvalue weighted by atomic mass is 32.1. The molecule has 0 aromatic carbocycles. The monoisotopic (exact) mass is 335 g/mol. The van der Waals surface area contributed by atoms with Crippen LogP contribution in [-0.4, -0.2) is 41.0 Å². The van der Waals surface area contributed by atoms with Crippen LogP contribution in [0.1, 0.15) is 24.0 Å². The molecule has 1 N–H and O–H groups in total. The van der Waals surface area contributed by atoms with Crippen LogP contribution >= 0.6 is 11.3 Å². The van der Waals surface area contributed by atoms with Gasteiger partial charge in [0.25, 0.3) is 0 Å². The van der Waals surface area contributed by atoms with Gasteiger partial charge in [0.05, 0.1) is 23.2 Å². The summed E-state index contributed by atoms with van der Waals surface area (Å²) in [4.78, 5) is 28.4. The topological polar surface area (TPSA) is 62.3 Å². The Hall–Kier alpha value is -1.64. The van der Waals surface area contributed by atoms with Gasteiger partial charge in [-0.3, -0.25) is 9.59 Å². The van der Waals surface area contributed by atoms with E-state index in [0.29, 0.717) is 10.6 Å². The van der Waals surface area contributed by atoms with Crippen molar-refractivity contribution in [1.29, 1.82) is 0 Å². The Morgan fingerprint density at radius 2 is 2.27 bits per heavy atom. The van der Waals surface area contributed by atoms with Gasteiger partial charge in [-0.25, -0.2) is 4.98 Å². The predicted octanol–water partition coefficient (Wildman–Crippen LogP) is 1.73. The molecule has 1 aliphatic heterocycles. The Balaban J connectivity index is 1.84. The molecular weight excluding hydrogens is 319 g/mol. The summed E-state index contributed by atoms with van der Waals surface area (Å²) in [7, 11) is 0. The van der Waals surface area contributed by atoms with Crippen molar-refractivity contribution < 1.29 is 22.8 Å². The molecule has 2 amide bonds. The summed E-state index contributed by atoms with van der Waals surface area (Å²) in [6, 6.07) is 0. The second kappa shape index (κ2) is 6.64. The maximum atomic E-state index is 12.3. The molecule has 22 heavy (non-hydrogen) atoms. The van der Waals surface area contributed by atoms with Gasteiger partial charge in [0.1, 0.15) is 6.54 Å². The van der Waals surface area contributed by atoms with Crippen LogP contribution in [0.4, 0.5) is 13.2 Å². The normalized spacial score (nSPS) is 18.8. The summed E-state index contributed by atoms with van der Waals surface area (Å²) < 4.78 is 36.9. The first-order valence-corrected chi connectivity index (χ1v) is 7.72. The van der Waals surface area contributed by atoms with Crippen LogP contribution in [0.25, 0.3) is 0 Å². The lowest BCUT2D eigenvalue weighted by atomic mass is 10.1. The van der Waals surface area contributed by atoms with E-state index in [9.17, 15) is 22.8 Å². The Bertz CT molecular complexity index is 559. The average molecular weight is 335 g/mol. The first-order chi connectivity index (χ1) is 10.3. The number of halogens is 3. The third-order valence-corrected chi connectivity index (χ3v) is 4.34. The molecule has 122 valence electrons. The molecule has 1 aromatic heterocycles. The number of carbonyl (C=O) groups excluding carboxylic acids is 2. The van der Waals surface area contributed by atoms with Gasteiger partial charge in [0.15, 0.2) is 0 Å². The van der Waals surface area contributed by atoms with E-state index in [4.69, 9.17) is 0 Å². The molecule has 0 bridgehead atoms. The van der Waals surface area contributed by atoms with Crippen molar-refractivity contribution in [2.45, 2.75) is 32.5 Å². The quantitative estimate of drug-likeness (QED) is 0.891. The molecule has 1 saturated heterocycles. The molecule has 0 radical (unpaired) electrons. The van der Waals surface area contributed by atoms with Crippen molar-refractivity contribution in [1.82, 2.24) is 15.2 Å². The minimum Gasteiger partial charge on any atom is -0.350 e. The van der Waals surface area contributed by atoms with E-state index in [1.54, 1.807) is 0 Å². The van der Waals surface area contributed by atoms with Crippen LogP contribution in [0.5, 0.6) is 0 Å². The van der Waals surface area contributed by atoms with Crippen LogP contribution in [0.3, 0.4) is 0 Å². The maximum absolute atomic E-state index is 12.3. The van der Waals surface area contributed by atoms with Gasteiger partial charge >= 0.3 is 6.18 Å². The summed E-state index contributed by atoms with van der Waals surface area (Å²) in [5, 5.41) is 5.41. The Labute approximate surface area is 129 Å². The fraction of sp³-hybridized carbons (Fsp3) is 0.615. The van der Waals surface area contributed by atoms with E-state index < -0.39 is 30.5 Å². The molecule has 2 heterocycles. The Morgan fingerprint density at radius 3 is 2.86 bits per heavy atom. The second-order valence-electron chi connectivity index (χ2n) is 5.09. The van der Waals surface area contributed by atoms with Crippen LogP contribution in [0.15, 0.2) is 5.38 Å². The van der Waals surface area contributed by atoms with Crippen molar-refractivity contribution in [3.05, 3.63) is 16.1 Å². The Morgan fingerprint density at radius 1 is 1.55 bits per heavy atom. The molecule has 9 heteroatoms. The fourth-order valence-electron chi connectivity index (χ4n) is 2.23. The van der Waals surface area contributed by atoms with E-state index in [1.165, 1.54) is 11.3 Å². The Kier molecular flexibility index (Phi) is 5.05. The van der Waals surface area contributed by atoms with Crippen LogP contribution in [-0.2, 0) is 22.6 Å². The number of thiazole rings is 1. The second-order valence-corrected chi connectivity index (χ2v) is 6.04. The number of carbonyl (C=O) groups is 2. The number of aromatic nitrogens is 1. The number of nitrogens with zero attached hydrogens (tertiary/aromatic N) is 2. The van der Waals surface area contributed by atoms with Crippen molar-refractivity contribution in [3.8, 4) is 0 Å². The van der Waals surface area contributed by atoms with Gasteiger partial charge in [0.2, 0.25) is 11.8 Å². The minimum atomic E-state index is -4.45. The van der Waals surface area contributed by atoms with Gasteiger partial charge in [-0.1, -0.05) is 6.92 Å². The number of alkyl halides is 3. The highest BCUT2D eigenvalue weighted by Crippen LogP contribution is 2.24. The predicted molar refractivity (Wildman–Crippen MR) is 74.1 cm³/mol. The lowest BCUT2D eigenvalue weighted by Gasteiger charge is -2.18. The third-order valence-electron chi connectivity index (χ3n) is 3.30. The van der Waals surface area contributed by atoms with E-state index in [0.717, 1.165) is 11.4 Å². The van der Waals surface area contributed by atoms with Crippen LogP contribution in [0, 0.1) is 5.92 Å². The summed E-state index contributed by atoms with van der Waals surface area (Å²) in [6.45, 7) is 0.697. The number of aryl methyl sites for hydroxylation is 1. The number of likely N-dealkylation sites (tertiary alicyclic amines) is 1. The highest BCUT2D eigenvalue weighted by molar-refractivity contribution is 7.09. The summed E-state index contributed by atoms with van der Waals surface area (Å²) in [6.07, 6.45) is -3.82. The van der Waals surface area contributed by atoms with Gasteiger partial charge in [-0.15, -0.1) is 11.3 Å². The zero-order valence-electron chi connectivity index (χ0n) is 11.9. The molecular formula is C13H16F3N3O2S. The van der Waals surface area contributed by atoms with E-state index in [1.807, 2.05) is 12.3 Å². The van der Waals surface area contributed by atoms with Crippen molar-refractivity contribution in [2.75, 3.05) is 13.1 Å². The molecule has 0 saturated carbocycles. The minimum absolute atomic E-state index is 0.181.